The Kier molecular flexibility index (Phi) is 5.69. The van der Waals surface area contributed by atoms with Crippen molar-refractivity contribution in [2.75, 3.05) is 0 Å². The minimum absolute atomic E-state index is 0.00319. The fourth-order valence-electron chi connectivity index (χ4n) is 1.06. The van der Waals surface area contributed by atoms with E-state index in [0.717, 1.165) is 6.42 Å². The van der Waals surface area contributed by atoms with Crippen LogP contribution in [-0.4, -0.2) is 16.9 Å². The molecule has 0 saturated carbocycles. The van der Waals surface area contributed by atoms with E-state index in [0.29, 0.717) is 10.9 Å². The maximum absolute atomic E-state index is 11.4. The summed E-state index contributed by atoms with van der Waals surface area (Å²) >= 11 is 4.90. The molecule has 0 aliphatic heterocycles. The van der Waals surface area contributed by atoms with Gasteiger partial charge in [0.2, 0.25) is 5.91 Å². The van der Waals surface area contributed by atoms with Crippen molar-refractivity contribution in [2.45, 2.75) is 40.2 Å². The zero-order chi connectivity index (χ0) is 11.3. The molecule has 3 N–H and O–H groups in total. The van der Waals surface area contributed by atoms with Crippen LogP contribution in [-0.2, 0) is 4.79 Å². The smallest absolute Gasteiger partial charge is 0.223 e. The summed E-state index contributed by atoms with van der Waals surface area (Å²) in [6.45, 7) is 7.85. The van der Waals surface area contributed by atoms with Crippen LogP contribution < -0.4 is 11.1 Å². The minimum Gasteiger partial charge on any atom is -0.392 e. The molecule has 0 aliphatic carbocycles. The molecule has 14 heavy (non-hydrogen) atoms. The molecule has 0 bridgehead atoms. The first-order valence-corrected chi connectivity index (χ1v) is 5.35. The number of thiocarbonyl (C=S) groups is 1. The second kappa shape index (κ2) is 5.96. The highest BCUT2D eigenvalue weighted by Crippen LogP contribution is 2.06. The zero-order valence-electron chi connectivity index (χ0n) is 9.33. The lowest BCUT2D eigenvalue weighted by Gasteiger charge is -2.20. The van der Waals surface area contributed by atoms with Crippen molar-refractivity contribution >= 4 is 23.1 Å². The maximum atomic E-state index is 11.4. The molecule has 0 aromatic heterocycles. The number of rotatable bonds is 5. The third kappa shape index (κ3) is 5.17. The molecule has 0 spiro atoms. The molecular weight excluding hydrogens is 196 g/mol. The third-order valence-corrected chi connectivity index (χ3v) is 2.18. The van der Waals surface area contributed by atoms with Crippen LogP contribution in [0.5, 0.6) is 0 Å². The SMILES string of the molecule is CC(C)CC(NC(=O)C(C)C)C(N)=S. The van der Waals surface area contributed by atoms with Crippen LogP contribution in [0.25, 0.3) is 0 Å². The molecule has 1 unspecified atom stereocenters. The summed E-state index contributed by atoms with van der Waals surface area (Å²) in [5.41, 5.74) is 5.55. The van der Waals surface area contributed by atoms with Gasteiger partial charge in [0.05, 0.1) is 11.0 Å². The number of amides is 1. The Morgan fingerprint density at radius 3 is 2.14 bits per heavy atom. The van der Waals surface area contributed by atoms with Crippen LogP contribution in [0, 0.1) is 11.8 Å². The molecule has 0 fully saturated rings. The van der Waals surface area contributed by atoms with E-state index in [4.69, 9.17) is 18.0 Å². The zero-order valence-corrected chi connectivity index (χ0v) is 10.1. The van der Waals surface area contributed by atoms with Crippen LogP contribution in [0.4, 0.5) is 0 Å². The van der Waals surface area contributed by atoms with Crippen molar-refractivity contribution < 1.29 is 4.79 Å². The van der Waals surface area contributed by atoms with Crippen molar-refractivity contribution in [1.82, 2.24) is 5.32 Å². The molecule has 3 nitrogen and oxygen atoms in total. The van der Waals surface area contributed by atoms with Crippen molar-refractivity contribution in [2.24, 2.45) is 17.6 Å². The summed E-state index contributed by atoms with van der Waals surface area (Å²) in [6.07, 6.45) is 0.799. The Balaban J connectivity index is 4.23. The molecule has 1 atom stereocenters. The fraction of sp³-hybridized carbons (Fsp3) is 0.800. The van der Waals surface area contributed by atoms with Crippen LogP contribution in [0.3, 0.4) is 0 Å². The highest BCUT2D eigenvalue weighted by Gasteiger charge is 2.17. The summed E-state index contributed by atoms with van der Waals surface area (Å²) in [6, 6.07) is -0.167. The number of hydrogen-bond donors (Lipinski definition) is 2. The summed E-state index contributed by atoms with van der Waals surface area (Å²) in [5, 5.41) is 2.84. The number of hydrogen-bond acceptors (Lipinski definition) is 2. The molecule has 1 amide bonds. The van der Waals surface area contributed by atoms with Gasteiger partial charge in [-0.3, -0.25) is 4.79 Å². The van der Waals surface area contributed by atoms with Gasteiger partial charge in [0.25, 0.3) is 0 Å². The summed E-state index contributed by atoms with van der Waals surface area (Å²) in [5.74, 6) is 0.441. The Morgan fingerprint density at radius 2 is 1.86 bits per heavy atom. The van der Waals surface area contributed by atoms with E-state index in [1.54, 1.807) is 0 Å². The molecule has 0 saturated heterocycles. The van der Waals surface area contributed by atoms with E-state index in [1.807, 2.05) is 13.8 Å². The predicted octanol–water partition coefficient (Wildman–Crippen LogP) is 1.46. The Morgan fingerprint density at radius 1 is 1.36 bits per heavy atom. The van der Waals surface area contributed by atoms with Crippen molar-refractivity contribution in [3.05, 3.63) is 0 Å². The van der Waals surface area contributed by atoms with Gasteiger partial charge in [-0.1, -0.05) is 39.9 Å². The lowest BCUT2D eigenvalue weighted by atomic mass is 10.0. The van der Waals surface area contributed by atoms with Crippen molar-refractivity contribution in [3.63, 3.8) is 0 Å². The molecular formula is C10H20N2OS. The van der Waals surface area contributed by atoms with Crippen LogP contribution in [0.1, 0.15) is 34.1 Å². The standard InChI is InChI=1S/C10H20N2OS/c1-6(2)5-8(9(11)14)12-10(13)7(3)4/h6-8H,5H2,1-4H3,(H2,11,14)(H,12,13). The van der Waals surface area contributed by atoms with Crippen molar-refractivity contribution in [1.29, 1.82) is 0 Å². The average molecular weight is 216 g/mol. The van der Waals surface area contributed by atoms with Crippen LogP contribution in [0.2, 0.25) is 0 Å². The lowest BCUT2D eigenvalue weighted by molar-refractivity contribution is -0.124. The van der Waals surface area contributed by atoms with Gasteiger partial charge in [-0.2, -0.15) is 0 Å². The normalized spacial score (nSPS) is 13.0. The lowest BCUT2D eigenvalue weighted by Crippen LogP contribution is -2.45. The number of nitrogens with one attached hydrogen (secondary N) is 1. The number of carbonyl (C=O) groups excluding carboxylic acids is 1. The van der Waals surface area contributed by atoms with Gasteiger partial charge in [0, 0.05) is 5.92 Å². The molecule has 0 heterocycles. The third-order valence-electron chi connectivity index (χ3n) is 1.89. The quantitative estimate of drug-likeness (QED) is 0.684. The Bertz CT molecular complexity index is 214. The van der Waals surface area contributed by atoms with Gasteiger partial charge >= 0.3 is 0 Å². The van der Waals surface area contributed by atoms with E-state index in [-0.39, 0.29) is 17.9 Å². The fourth-order valence-corrected chi connectivity index (χ4v) is 1.21. The van der Waals surface area contributed by atoms with E-state index in [1.165, 1.54) is 0 Å². The van der Waals surface area contributed by atoms with Crippen LogP contribution in [0.15, 0.2) is 0 Å². The molecule has 0 aromatic rings. The van der Waals surface area contributed by atoms with Crippen LogP contribution >= 0.6 is 12.2 Å². The summed E-state index contributed by atoms with van der Waals surface area (Å²) < 4.78 is 0. The highest BCUT2D eigenvalue weighted by molar-refractivity contribution is 7.80. The maximum Gasteiger partial charge on any atom is 0.223 e. The monoisotopic (exact) mass is 216 g/mol. The first kappa shape index (κ1) is 13.4. The largest absolute Gasteiger partial charge is 0.392 e. The molecule has 0 radical (unpaired) electrons. The molecule has 4 heteroatoms. The van der Waals surface area contributed by atoms with Gasteiger partial charge in [0.1, 0.15) is 0 Å². The molecule has 82 valence electrons. The van der Waals surface area contributed by atoms with Gasteiger partial charge in [-0.25, -0.2) is 0 Å². The first-order chi connectivity index (χ1) is 6.34. The van der Waals surface area contributed by atoms with E-state index >= 15 is 0 Å². The van der Waals surface area contributed by atoms with E-state index in [9.17, 15) is 4.79 Å². The molecule has 0 aliphatic rings. The van der Waals surface area contributed by atoms with E-state index < -0.39 is 0 Å². The summed E-state index contributed by atoms with van der Waals surface area (Å²) in [4.78, 5) is 11.8. The second-order valence-corrected chi connectivity index (χ2v) is 4.72. The highest BCUT2D eigenvalue weighted by atomic mass is 32.1. The minimum atomic E-state index is -0.167. The first-order valence-electron chi connectivity index (χ1n) is 4.94. The predicted molar refractivity (Wildman–Crippen MR) is 63.0 cm³/mol. The van der Waals surface area contributed by atoms with Crippen molar-refractivity contribution in [3.8, 4) is 0 Å². The summed E-state index contributed by atoms with van der Waals surface area (Å²) in [7, 11) is 0. The van der Waals surface area contributed by atoms with E-state index in [2.05, 4.69) is 19.2 Å². The Labute approximate surface area is 91.4 Å². The van der Waals surface area contributed by atoms with Gasteiger partial charge < -0.3 is 11.1 Å². The molecule has 0 rings (SSSR count). The second-order valence-electron chi connectivity index (χ2n) is 4.25. The topological polar surface area (TPSA) is 55.1 Å². The van der Waals surface area contributed by atoms with Gasteiger partial charge in [0.15, 0.2) is 0 Å². The van der Waals surface area contributed by atoms with Gasteiger partial charge in [-0.05, 0) is 12.3 Å². The number of nitrogens with two attached hydrogens (primary N) is 1. The Hall–Kier alpha value is -0.640. The number of carbonyl (C=O) groups is 1. The van der Waals surface area contributed by atoms with Gasteiger partial charge in [-0.15, -0.1) is 0 Å². The molecule has 0 aromatic carbocycles. The average Bonchev–Trinajstić information content (AvgIpc) is 2.01.